The van der Waals surface area contributed by atoms with Gasteiger partial charge in [-0.15, -0.1) is 0 Å². The summed E-state index contributed by atoms with van der Waals surface area (Å²) in [5, 5.41) is 12.0. The van der Waals surface area contributed by atoms with Gasteiger partial charge in [0.2, 0.25) is 0 Å². The zero-order chi connectivity index (χ0) is 12.6. The zero-order valence-electron chi connectivity index (χ0n) is 11.2. The third-order valence-corrected chi connectivity index (χ3v) is 3.15. The van der Waals surface area contributed by atoms with Gasteiger partial charge in [-0.25, -0.2) is 0 Å². The van der Waals surface area contributed by atoms with E-state index in [-0.39, 0.29) is 0 Å². The van der Waals surface area contributed by atoms with Crippen LogP contribution in [0.5, 0.6) is 0 Å². The van der Waals surface area contributed by atoms with E-state index in [9.17, 15) is 0 Å². The molecule has 0 aromatic carbocycles. The lowest BCUT2D eigenvalue weighted by atomic mass is 9.98. The lowest BCUT2D eigenvalue weighted by Gasteiger charge is -2.26. The van der Waals surface area contributed by atoms with Crippen molar-refractivity contribution in [1.82, 2.24) is 10.2 Å². The Bertz CT molecular complexity index is 227. The quantitative estimate of drug-likeness (QED) is 0.677. The number of methoxy groups -OCH3 is 1. The molecule has 4 heteroatoms. The van der Waals surface area contributed by atoms with E-state index in [0.717, 1.165) is 26.0 Å². The Morgan fingerprint density at radius 3 is 2.62 bits per heavy atom. The summed E-state index contributed by atoms with van der Waals surface area (Å²) < 4.78 is 5.11. The lowest BCUT2D eigenvalue weighted by Crippen LogP contribution is -2.39. The van der Waals surface area contributed by atoms with Crippen molar-refractivity contribution in [2.24, 2.45) is 0 Å². The van der Waals surface area contributed by atoms with Crippen LogP contribution in [0.1, 0.15) is 26.7 Å². The molecule has 0 amide bonds. The van der Waals surface area contributed by atoms with Crippen LogP contribution in [0.25, 0.3) is 0 Å². The number of hydrogen-bond acceptors (Lipinski definition) is 4. The Hall–Kier alpha value is -0.630. The van der Waals surface area contributed by atoms with Gasteiger partial charge in [0, 0.05) is 13.2 Å². The van der Waals surface area contributed by atoms with Crippen LogP contribution in [0.3, 0.4) is 0 Å². The third-order valence-electron chi connectivity index (χ3n) is 3.15. The molecule has 0 aliphatic heterocycles. The van der Waals surface area contributed by atoms with Crippen LogP contribution < -0.4 is 5.32 Å². The molecule has 1 N–H and O–H groups in total. The summed E-state index contributed by atoms with van der Waals surface area (Å²) in [7, 11) is 5.64. The maximum absolute atomic E-state index is 9.00. The summed E-state index contributed by atoms with van der Waals surface area (Å²) in [5.41, 5.74) is -0.397. The molecule has 0 aliphatic rings. The molecule has 0 bridgehead atoms. The van der Waals surface area contributed by atoms with Crippen molar-refractivity contribution in [3.63, 3.8) is 0 Å². The van der Waals surface area contributed by atoms with E-state index in [2.05, 4.69) is 30.3 Å². The van der Waals surface area contributed by atoms with Crippen molar-refractivity contribution < 1.29 is 4.74 Å². The molecule has 0 aromatic heterocycles. The first kappa shape index (κ1) is 15.4. The van der Waals surface area contributed by atoms with Crippen molar-refractivity contribution in [3.8, 4) is 6.07 Å². The Balaban J connectivity index is 3.86. The molecule has 0 rings (SSSR count). The molecule has 94 valence electrons. The fraction of sp³-hybridized carbons (Fsp3) is 0.917. The van der Waals surface area contributed by atoms with Crippen molar-refractivity contribution >= 4 is 0 Å². The summed E-state index contributed by atoms with van der Waals surface area (Å²) in [6.07, 6.45) is 1.87. The van der Waals surface area contributed by atoms with Crippen LogP contribution >= 0.6 is 0 Å². The van der Waals surface area contributed by atoms with Crippen LogP contribution in [0, 0.1) is 11.3 Å². The minimum atomic E-state index is -0.397. The molecule has 0 aliphatic carbocycles. The number of nitrogens with zero attached hydrogens (tertiary/aromatic N) is 2. The summed E-state index contributed by atoms with van der Waals surface area (Å²) in [6.45, 7) is 5.82. The third kappa shape index (κ3) is 5.45. The second-order valence-corrected chi connectivity index (χ2v) is 4.58. The molecule has 0 heterocycles. The normalized spacial score (nSPS) is 16.8. The number of ether oxygens (including phenoxy) is 1. The standard InChI is InChI=1S/C12H25N3O/c1-11(9-16-5)15(4)8-6-7-12(2,10-13)14-3/h11,14H,6-9H2,1-5H3. The maximum atomic E-state index is 9.00. The van der Waals surface area contributed by atoms with Gasteiger partial charge in [0.25, 0.3) is 0 Å². The molecule has 16 heavy (non-hydrogen) atoms. The van der Waals surface area contributed by atoms with Gasteiger partial charge in [-0.3, -0.25) is 0 Å². The molecular weight excluding hydrogens is 202 g/mol. The number of nitrogens with one attached hydrogen (secondary N) is 1. The van der Waals surface area contributed by atoms with E-state index < -0.39 is 5.54 Å². The fourth-order valence-corrected chi connectivity index (χ4v) is 1.51. The fourth-order valence-electron chi connectivity index (χ4n) is 1.51. The van der Waals surface area contributed by atoms with Crippen LogP contribution in [0.4, 0.5) is 0 Å². The predicted octanol–water partition coefficient (Wildman–Crippen LogP) is 1.23. The number of rotatable bonds is 8. The lowest BCUT2D eigenvalue weighted by molar-refractivity contribution is 0.113. The molecular formula is C12H25N3O. The molecule has 0 aromatic rings. The van der Waals surface area contributed by atoms with Gasteiger partial charge in [0.1, 0.15) is 5.54 Å². The van der Waals surface area contributed by atoms with Gasteiger partial charge in [-0.2, -0.15) is 5.26 Å². The maximum Gasteiger partial charge on any atom is 0.103 e. The predicted molar refractivity (Wildman–Crippen MR) is 66.3 cm³/mol. The van der Waals surface area contributed by atoms with Gasteiger partial charge in [-0.05, 0) is 47.3 Å². The summed E-state index contributed by atoms with van der Waals surface area (Å²) in [6, 6.07) is 2.73. The van der Waals surface area contributed by atoms with Crippen molar-refractivity contribution in [2.75, 3.05) is 34.4 Å². The molecule has 0 fully saturated rings. The van der Waals surface area contributed by atoms with E-state index in [1.54, 1.807) is 7.11 Å². The molecule has 2 unspecified atom stereocenters. The average Bonchev–Trinajstić information content (AvgIpc) is 2.29. The van der Waals surface area contributed by atoms with Crippen LogP contribution in [-0.4, -0.2) is 50.8 Å². The SMILES string of the molecule is CNC(C)(C#N)CCCN(C)C(C)COC. The minimum Gasteiger partial charge on any atom is -0.383 e. The second-order valence-electron chi connectivity index (χ2n) is 4.58. The highest BCUT2D eigenvalue weighted by Crippen LogP contribution is 2.11. The van der Waals surface area contributed by atoms with Gasteiger partial charge < -0.3 is 15.0 Å². The van der Waals surface area contributed by atoms with Gasteiger partial charge in [-0.1, -0.05) is 0 Å². The molecule has 0 saturated heterocycles. The van der Waals surface area contributed by atoms with Crippen LogP contribution in [0.15, 0.2) is 0 Å². The molecule has 0 saturated carbocycles. The van der Waals surface area contributed by atoms with E-state index in [4.69, 9.17) is 10.00 Å². The van der Waals surface area contributed by atoms with E-state index in [0.29, 0.717) is 6.04 Å². The summed E-state index contributed by atoms with van der Waals surface area (Å²) in [4.78, 5) is 2.26. The molecule has 0 spiro atoms. The molecule has 4 nitrogen and oxygen atoms in total. The van der Waals surface area contributed by atoms with E-state index >= 15 is 0 Å². The summed E-state index contributed by atoms with van der Waals surface area (Å²) in [5.74, 6) is 0. The first-order valence-corrected chi connectivity index (χ1v) is 5.78. The number of hydrogen-bond donors (Lipinski definition) is 1. The largest absolute Gasteiger partial charge is 0.383 e. The first-order valence-electron chi connectivity index (χ1n) is 5.78. The van der Waals surface area contributed by atoms with Gasteiger partial charge in [0.05, 0.1) is 12.7 Å². The van der Waals surface area contributed by atoms with Crippen molar-refractivity contribution in [2.45, 2.75) is 38.3 Å². The number of nitriles is 1. The highest BCUT2D eigenvalue weighted by atomic mass is 16.5. The highest BCUT2D eigenvalue weighted by molar-refractivity contribution is 5.02. The van der Waals surface area contributed by atoms with E-state index in [1.165, 1.54) is 0 Å². The van der Waals surface area contributed by atoms with Crippen LogP contribution in [0.2, 0.25) is 0 Å². The highest BCUT2D eigenvalue weighted by Gasteiger charge is 2.20. The van der Waals surface area contributed by atoms with Crippen LogP contribution in [-0.2, 0) is 4.74 Å². The van der Waals surface area contributed by atoms with Gasteiger partial charge >= 0.3 is 0 Å². The topological polar surface area (TPSA) is 48.3 Å². The first-order chi connectivity index (χ1) is 7.49. The smallest absolute Gasteiger partial charge is 0.103 e. The van der Waals surface area contributed by atoms with Gasteiger partial charge in [0.15, 0.2) is 0 Å². The zero-order valence-corrected chi connectivity index (χ0v) is 11.2. The Morgan fingerprint density at radius 2 is 2.19 bits per heavy atom. The van der Waals surface area contributed by atoms with Crippen molar-refractivity contribution in [3.05, 3.63) is 0 Å². The Morgan fingerprint density at radius 1 is 1.56 bits per heavy atom. The monoisotopic (exact) mass is 227 g/mol. The van der Waals surface area contributed by atoms with E-state index in [1.807, 2.05) is 14.0 Å². The Labute approximate surface area is 99.6 Å². The molecule has 2 atom stereocenters. The Kier molecular flexibility index (Phi) is 7.31. The average molecular weight is 227 g/mol. The second kappa shape index (κ2) is 7.61. The molecule has 0 radical (unpaired) electrons. The summed E-state index contributed by atoms with van der Waals surface area (Å²) >= 11 is 0. The number of likely N-dealkylation sites (N-methyl/N-ethyl adjacent to an activating group) is 1. The van der Waals surface area contributed by atoms with Crippen molar-refractivity contribution in [1.29, 1.82) is 5.26 Å². The minimum absolute atomic E-state index is 0.397.